The number of aromatic nitrogens is 2. The van der Waals surface area contributed by atoms with Gasteiger partial charge < -0.3 is 19.5 Å². The molecule has 30 heavy (non-hydrogen) atoms. The van der Waals surface area contributed by atoms with Gasteiger partial charge >= 0.3 is 0 Å². The van der Waals surface area contributed by atoms with Crippen LogP contribution in [0.4, 0.5) is 0 Å². The number of hydrogen-bond donors (Lipinski definition) is 1. The van der Waals surface area contributed by atoms with Crippen molar-refractivity contribution in [2.45, 2.75) is 38.3 Å². The first kappa shape index (κ1) is 20.3. The summed E-state index contributed by atoms with van der Waals surface area (Å²) in [5.41, 5.74) is 1.64. The maximum absolute atomic E-state index is 13.1. The number of carbonyl (C=O) groups excluding carboxylic acids is 2. The summed E-state index contributed by atoms with van der Waals surface area (Å²) in [4.78, 5) is 49.1. The lowest BCUT2D eigenvalue weighted by Crippen LogP contribution is -2.43. The first-order valence-corrected chi connectivity index (χ1v) is 10.3. The Morgan fingerprint density at radius 3 is 2.77 bits per heavy atom. The summed E-state index contributed by atoms with van der Waals surface area (Å²) >= 11 is 0. The summed E-state index contributed by atoms with van der Waals surface area (Å²) in [6, 6.07) is 8.94. The molecule has 1 aromatic carbocycles. The fourth-order valence-electron chi connectivity index (χ4n) is 4.24. The molecule has 1 aromatic heterocycles. The van der Waals surface area contributed by atoms with Crippen molar-refractivity contribution in [3.05, 3.63) is 63.3 Å². The fraction of sp³-hybridized carbons (Fsp3) is 0.455. The predicted octanol–water partition coefficient (Wildman–Crippen LogP) is 1.67. The van der Waals surface area contributed by atoms with Crippen molar-refractivity contribution in [1.29, 1.82) is 0 Å². The van der Waals surface area contributed by atoms with Gasteiger partial charge in [0.15, 0.2) is 0 Å². The number of rotatable bonds is 4. The number of fused-ring (bicyclic) bond motifs is 1. The first-order chi connectivity index (χ1) is 14.6. The Kier molecular flexibility index (Phi) is 5.94. The van der Waals surface area contributed by atoms with E-state index >= 15 is 0 Å². The van der Waals surface area contributed by atoms with Gasteiger partial charge in [-0.2, -0.15) is 0 Å². The summed E-state index contributed by atoms with van der Waals surface area (Å²) in [6.07, 6.45) is 3.18. The molecule has 1 saturated heterocycles. The second kappa shape index (κ2) is 8.79. The van der Waals surface area contributed by atoms with Crippen molar-refractivity contribution in [1.82, 2.24) is 19.8 Å². The van der Waals surface area contributed by atoms with E-state index in [1.54, 1.807) is 4.90 Å². The van der Waals surface area contributed by atoms with Crippen LogP contribution in [-0.2, 0) is 22.5 Å². The maximum atomic E-state index is 13.1. The number of piperidine rings is 1. The van der Waals surface area contributed by atoms with Crippen LogP contribution in [0.15, 0.2) is 35.1 Å². The van der Waals surface area contributed by atoms with E-state index in [2.05, 4.69) is 4.98 Å². The molecule has 2 aromatic rings. The van der Waals surface area contributed by atoms with Crippen molar-refractivity contribution in [2.24, 2.45) is 0 Å². The highest BCUT2D eigenvalue weighted by Crippen LogP contribution is 2.30. The molecule has 0 saturated carbocycles. The topological polar surface area (TPSA) is 95.6 Å². The van der Waals surface area contributed by atoms with Crippen LogP contribution in [0.5, 0.6) is 0 Å². The van der Waals surface area contributed by atoms with Crippen molar-refractivity contribution in [2.75, 3.05) is 26.8 Å². The zero-order chi connectivity index (χ0) is 21.1. The number of benzene rings is 1. The van der Waals surface area contributed by atoms with Gasteiger partial charge in [-0.1, -0.05) is 18.2 Å². The molecule has 1 atom stereocenters. The summed E-state index contributed by atoms with van der Waals surface area (Å²) in [6.45, 7) is 1.37. The number of amides is 2. The minimum atomic E-state index is -0.252. The van der Waals surface area contributed by atoms with Crippen molar-refractivity contribution < 1.29 is 14.3 Å². The lowest BCUT2D eigenvalue weighted by molar-refractivity contribution is -0.136. The monoisotopic (exact) mass is 410 g/mol. The van der Waals surface area contributed by atoms with Crippen molar-refractivity contribution in [3.8, 4) is 0 Å². The average molecular weight is 410 g/mol. The number of carbonyl (C=O) groups is 2. The lowest BCUT2D eigenvalue weighted by atomic mass is 9.99. The fourth-order valence-corrected chi connectivity index (χ4v) is 4.24. The molecule has 1 fully saturated rings. The van der Waals surface area contributed by atoms with Crippen LogP contribution in [0, 0.1) is 0 Å². The van der Waals surface area contributed by atoms with E-state index in [1.807, 2.05) is 35.2 Å². The van der Waals surface area contributed by atoms with Gasteiger partial charge in [0.1, 0.15) is 12.4 Å². The SMILES string of the molecule is COCC(=O)N1CCc2nc([C@H]3CCCCN3C(=O)c3ccccc3)[nH]c(=O)c2C1. The molecule has 2 amide bonds. The van der Waals surface area contributed by atoms with Crippen molar-refractivity contribution in [3.63, 3.8) is 0 Å². The smallest absolute Gasteiger partial charge is 0.256 e. The molecule has 1 N–H and O–H groups in total. The molecule has 2 aliphatic heterocycles. The van der Waals surface area contributed by atoms with Crippen molar-refractivity contribution >= 4 is 11.8 Å². The molecule has 4 rings (SSSR count). The highest BCUT2D eigenvalue weighted by atomic mass is 16.5. The second-order valence-electron chi connectivity index (χ2n) is 7.75. The van der Waals surface area contributed by atoms with Gasteiger partial charge in [0.05, 0.1) is 23.8 Å². The highest BCUT2D eigenvalue weighted by molar-refractivity contribution is 5.94. The van der Waals surface area contributed by atoms with Gasteiger partial charge in [0, 0.05) is 32.2 Å². The van der Waals surface area contributed by atoms with E-state index in [1.165, 1.54) is 7.11 Å². The number of ether oxygens (including phenoxy) is 1. The number of likely N-dealkylation sites (tertiary alicyclic amines) is 1. The first-order valence-electron chi connectivity index (χ1n) is 10.3. The van der Waals surface area contributed by atoms with E-state index < -0.39 is 0 Å². The molecule has 8 heteroatoms. The number of H-pyrrole nitrogens is 1. The van der Waals surface area contributed by atoms with Crippen LogP contribution in [-0.4, -0.2) is 58.4 Å². The molecule has 0 spiro atoms. The Hall–Kier alpha value is -3.00. The van der Waals surface area contributed by atoms with Gasteiger partial charge in [-0.25, -0.2) is 4.98 Å². The number of nitrogens with one attached hydrogen (secondary N) is 1. The summed E-state index contributed by atoms with van der Waals surface area (Å²) < 4.78 is 4.91. The standard InChI is InChI=1S/C22H26N4O4/c1-30-14-19(27)25-12-10-17-16(13-25)21(28)24-20(23-17)18-9-5-6-11-26(18)22(29)15-7-3-2-4-8-15/h2-4,7-8,18H,5-6,9-14H2,1H3,(H,23,24,28)/t18-/m1/s1. The van der Waals surface area contributed by atoms with Gasteiger partial charge in [0.25, 0.3) is 11.5 Å². The maximum Gasteiger partial charge on any atom is 0.256 e. The van der Waals surface area contributed by atoms with Crippen LogP contribution in [0.2, 0.25) is 0 Å². The average Bonchev–Trinajstić information content (AvgIpc) is 2.79. The van der Waals surface area contributed by atoms with Crippen LogP contribution >= 0.6 is 0 Å². The second-order valence-corrected chi connectivity index (χ2v) is 7.75. The Bertz CT molecular complexity index is 988. The Morgan fingerprint density at radius 2 is 2.00 bits per heavy atom. The van der Waals surface area contributed by atoms with E-state index in [0.29, 0.717) is 42.2 Å². The lowest BCUT2D eigenvalue weighted by Gasteiger charge is -2.36. The molecule has 0 radical (unpaired) electrons. The van der Waals surface area contributed by atoms with E-state index in [9.17, 15) is 14.4 Å². The quantitative estimate of drug-likeness (QED) is 0.827. The molecule has 158 valence electrons. The van der Waals surface area contributed by atoms with E-state index in [0.717, 1.165) is 19.3 Å². The van der Waals surface area contributed by atoms with Crippen LogP contribution < -0.4 is 5.56 Å². The molecule has 8 nitrogen and oxygen atoms in total. The third-order valence-corrected chi connectivity index (χ3v) is 5.81. The van der Waals surface area contributed by atoms with Gasteiger partial charge in [-0.3, -0.25) is 14.4 Å². The van der Waals surface area contributed by atoms with Gasteiger partial charge in [-0.15, -0.1) is 0 Å². The largest absolute Gasteiger partial charge is 0.375 e. The third kappa shape index (κ3) is 4.00. The molecule has 0 aliphatic carbocycles. The number of aromatic amines is 1. The zero-order valence-electron chi connectivity index (χ0n) is 17.1. The Morgan fingerprint density at radius 1 is 1.20 bits per heavy atom. The third-order valence-electron chi connectivity index (χ3n) is 5.81. The molecule has 3 heterocycles. The Balaban J connectivity index is 1.61. The van der Waals surface area contributed by atoms with Gasteiger partial charge in [-0.05, 0) is 31.4 Å². The summed E-state index contributed by atoms with van der Waals surface area (Å²) in [5.74, 6) is 0.356. The molecular weight excluding hydrogens is 384 g/mol. The molecule has 0 bridgehead atoms. The number of nitrogens with zero attached hydrogens (tertiary/aromatic N) is 3. The van der Waals surface area contributed by atoms with Gasteiger partial charge in [0.2, 0.25) is 5.91 Å². The number of hydrogen-bond acceptors (Lipinski definition) is 5. The minimum absolute atomic E-state index is 0.00260. The minimum Gasteiger partial charge on any atom is -0.375 e. The van der Waals surface area contributed by atoms with E-state index in [-0.39, 0.29) is 36.6 Å². The molecule has 0 unspecified atom stereocenters. The van der Waals surface area contributed by atoms with Crippen LogP contribution in [0.1, 0.15) is 52.7 Å². The molecular formula is C22H26N4O4. The molecule has 2 aliphatic rings. The zero-order valence-corrected chi connectivity index (χ0v) is 17.1. The highest BCUT2D eigenvalue weighted by Gasteiger charge is 2.32. The summed E-state index contributed by atoms with van der Waals surface area (Å²) in [5, 5.41) is 0. The van der Waals surface area contributed by atoms with Crippen LogP contribution in [0.25, 0.3) is 0 Å². The number of methoxy groups -OCH3 is 1. The normalized spacial score (nSPS) is 18.8. The predicted molar refractivity (Wildman–Crippen MR) is 110 cm³/mol. The van der Waals surface area contributed by atoms with Crippen LogP contribution in [0.3, 0.4) is 0 Å². The summed E-state index contributed by atoms with van der Waals surface area (Å²) in [7, 11) is 1.48. The Labute approximate surface area is 174 Å². The van der Waals surface area contributed by atoms with E-state index in [4.69, 9.17) is 9.72 Å².